The van der Waals surface area contributed by atoms with Crippen molar-refractivity contribution in [1.29, 1.82) is 0 Å². The van der Waals surface area contributed by atoms with Gasteiger partial charge in [-0.3, -0.25) is 9.97 Å². The second kappa shape index (κ2) is 14.6. The minimum absolute atomic E-state index is 0. The van der Waals surface area contributed by atoms with E-state index < -0.39 is 0 Å². The fraction of sp³-hybridized carbons (Fsp3) is 0.292. The number of nitrogens with zero attached hydrogens (tertiary/aromatic N) is 2. The van der Waals surface area contributed by atoms with E-state index in [2.05, 4.69) is 155 Å². The number of aromatic hydroxyl groups is 1. The Bertz CT molecular complexity index is 2190. The number of pyridine rings is 2. The molecule has 0 unspecified atom stereocenters. The van der Waals surface area contributed by atoms with E-state index in [1.807, 2.05) is 24.4 Å². The number of aromatic nitrogens is 2. The average molecular weight is 867 g/mol. The summed E-state index contributed by atoms with van der Waals surface area (Å²) in [5.74, 6) is 0.201. The Balaban J connectivity index is 0.00000523. The number of hydrogen-bond donors (Lipinski definition) is 1. The molecule has 0 saturated heterocycles. The first-order chi connectivity index (χ1) is 23.9. The van der Waals surface area contributed by atoms with E-state index in [0.29, 0.717) is 11.3 Å². The molecule has 0 aliphatic heterocycles. The van der Waals surface area contributed by atoms with Gasteiger partial charge in [0.1, 0.15) is 5.75 Å². The molecule has 0 saturated carbocycles. The first-order valence-corrected chi connectivity index (χ1v) is 18.0. The average Bonchev–Trinajstić information content (AvgIpc) is 3.07. The van der Waals surface area contributed by atoms with Crippen LogP contribution in [0.1, 0.15) is 90.1 Å². The summed E-state index contributed by atoms with van der Waals surface area (Å²) < 4.78 is 0. The third-order valence-electron chi connectivity index (χ3n) is 9.80. The molecule has 0 aliphatic carbocycles. The number of phenolic OH excluding ortho intramolecular Hbond substituents is 1. The summed E-state index contributed by atoms with van der Waals surface area (Å²) in [6, 6.07) is 37.4. The quantitative estimate of drug-likeness (QED) is 0.176. The fourth-order valence-corrected chi connectivity index (χ4v) is 6.68. The van der Waals surface area contributed by atoms with Crippen LogP contribution in [0.25, 0.3) is 56.0 Å². The van der Waals surface area contributed by atoms with Gasteiger partial charge in [0.15, 0.2) is 0 Å². The van der Waals surface area contributed by atoms with Gasteiger partial charge in [-0.2, -0.15) is 0 Å². The van der Waals surface area contributed by atoms with Crippen LogP contribution in [0.15, 0.2) is 103 Å². The molecule has 0 bridgehead atoms. The minimum Gasteiger partial charge on any atom is -0.507 e. The molecule has 1 N–H and O–H groups in total. The topological polar surface area (TPSA) is 46.0 Å². The summed E-state index contributed by atoms with van der Waals surface area (Å²) in [5.41, 5.74) is 15.8. The van der Waals surface area contributed by atoms with Crippen molar-refractivity contribution in [3.8, 4) is 61.8 Å². The number of aryl methyl sites for hydroxylation is 2. The van der Waals surface area contributed by atoms with Gasteiger partial charge in [-0.15, -0.1) is 24.3 Å². The van der Waals surface area contributed by atoms with Crippen LogP contribution >= 0.6 is 0 Å². The van der Waals surface area contributed by atoms with Gasteiger partial charge in [0.05, 0.1) is 5.69 Å². The van der Waals surface area contributed by atoms with Crippen molar-refractivity contribution in [2.75, 3.05) is 0 Å². The fourth-order valence-electron chi connectivity index (χ4n) is 6.68. The van der Waals surface area contributed by atoms with E-state index in [4.69, 9.17) is 9.97 Å². The van der Waals surface area contributed by atoms with Gasteiger partial charge in [-0.25, -0.2) is 0 Å². The first-order valence-electron chi connectivity index (χ1n) is 18.0. The predicted octanol–water partition coefficient (Wildman–Crippen LogP) is 12.8. The molecule has 0 radical (unpaired) electrons. The molecule has 0 atom stereocenters. The molecule has 4 heteroatoms. The number of rotatable bonds is 5. The summed E-state index contributed by atoms with van der Waals surface area (Å²) in [6.45, 7) is 24.7. The van der Waals surface area contributed by atoms with Crippen molar-refractivity contribution < 1.29 is 26.2 Å². The number of para-hydroxylation sites is 1. The van der Waals surface area contributed by atoms with Crippen LogP contribution in [-0.4, -0.2) is 15.1 Å². The zero-order chi connectivity index (χ0) is 36.9. The zero-order valence-corrected chi connectivity index (χ0v) is 34.7. The Labute approximate surface area is 325 Å². The van der Waals surface area contributed by atoms with E-state index in [-0.39, 0.29) is 43.1 Å². The predicted molar refractivity (Wildman–Crippen MR) is 215 cm³/mol. The van der Waals surface area contributed by atoms with Crippen molar-refractivity contribution >= 4 is 0 Å². The number of hydrogen-bond acceptors (Lipinski definition) is 3. The smallest absolute Gasteiger partial charge is 0.124 e. The van der Waals surface area contributed by atoms with Crippen molar-refractivity contribution in [1.82, 2.24) is 9.97 Å². The summed E-state index contributed by atoms with van der Waals surface area (Å²) in [4.78, 5) is 9.95. The molecule has 52 heavy (non-hydrogen) atoms. The summed E-state index contributed by atoms with van der Waals surface area (Å²) in [5, 5.41) is 10.9. The summed E-state index contributed by atoms with van der Waals surface area (Å²) in [6.07, 6.45) is 1.89. The molecule has 3 nitrogen and oxygen atoms in total. The van der Waals surface area contributed by atoms with Crippen LogP contribution < -0.4 is 0 Å². The van der Waals surface area contributed by atoms with Gasteiger partial charge in [-0.1, -0.05) is 128 Å². The van der Waals surface area contributed by atoms with Crippen molar-refractivity contribution in [2.24, 2.45) is 0 Å². The maximum Gasteiger partial charge on any atom is 0.124 e. The van der Waals surface area contributed by atoms with E-state index in [1.54, 1.807) is 6.07 Å². The summed E-state index contributed by atoms with van der Waals surface area (Å²) >= 11 is 0. The van der Waals surface area contributed by atoms with Crippen LogP contribution in [0.3, 0.4) is 0 Å². The Morgan fingerprint density at radius 2 is 1.02 bits per heavy atom. The molecular weight excluding hydrogens is 816 g/mol. The largest absolute Gasteiger partial charge is 0.507 e. The molecule has 270 valence electrons. The van der Waals surface area contributed by atoms with Crippen LogP contribution in [0.2, 0.25) is 0 Å². The molecule has 0 amide bonds. The van der Waals surface area contributed by atoms with Gasteiger partial charge in [0.25, 0.3) is 0 Å². The van der Waals surface area contributed by atoms with E-state index in [9.17, 15) is 5.11 Å². The van der Waals surface area contributed by atoms with Gasteiger partial charge in [0.2, 0.25) is 0 Å². The minimum atomic E-state index is -0.0260. The van der Waals surface area contributed by atoms with E-state index in [0.717, 1.165) is 39.2 Å². The van der Waals surface area contributed by atoms with Crippen molar-refractivity contribution in [2.45, 2.75) is 92.4 Å². The zero-order valence-electron chi connectivity index (χ0n) is 32.5. The Morgan fingerprint density at radius 3 is 1.60 bits per heavy atom. The Morgan fingerprint density at radius 1 is 0.519 bits per heavy atom. The SMILES string of the molecule is Cc1cc(C(C)(C)C)cc(C)c1-c1ccnc(-c2[c-]c(-c3cc(-c4cc(C(C)(C)C)cc(C(C)(C)C)c4)cc(-c4ccccc4O)n3)ccc2)c1.[Pt]. The molecule has 0 fully saturated rings. The number of benzene rings is 4. The Kier molecular flexibility index (Phi) is 10.9. The number of phenols is 1. The Hall–Kier alpha value is -4.33. The third kappa shape index (κ3) is 8.32. The third-order valence-corrected chi connectivity index (χ3v) is 9.80. The molecule has 2 aromatic heterocycles. The van der Waals surface area contributed by atoms with E-state index >= 15 is 0 Å². The van der Waals surface area contributed by atoms with Gasteiger partial charge in [-0.05, 0) is 104 Å². The molecule has 6 rings (SSSR count). The van der Waals surface area contributed by atoms with Crippen LogP contribution in [0, 0.1) is 19.9 Å². The van der Waals surface area contributed by atoms with Crippen LogP contribution in [0.4, 0.5) is 0 Å². The van der Waals surface area contributed by atoms with Crippen LogP contribution in [0.5, 0.6) is 5.75 Å². The monoisotopic (exact) mass is 866 g/mol. The molecular formula is C48H51N2OPt-. The molecule has 0 spiro atoms. The molecule has 0 aliphatic rings. The maximum absolute atomic E-state index is 10.9. The summed E-state index contributed by atoms with van der Waals surface area (Å²) in [7, 11) is 0. The maximum atomic E-state index is 10.9. The molecule has 4 aromatic carbocycles. The van der Waals surface area contributed by atoms with Gasteiger partial charge < -0.3 is 5.11 Å². The van der Waals surface area contributed by atoms with E-state index in [1.165, 1.54) is 33.4 Å². The standard InChI is InChI=1S/C48H51N2O.Pt/c1-30-21-37(46(3,4)5)22-31(2)45(30)34-19-20-49-41(26-34)32-15-14-16-33(23-32)42-27-36(28-43(50-42)40-17-12-13-18-44(40)51)35-24-38(47(6,7)8)29-39(25-35)48(9,10)11;/h12-22,24-29,51H,1-11H3;/q-1;. The van der Waals surface area contributed by atoms with Crippen molar-refractivity contribution in [3.05, 3.63) is 137 Å². The van der Waals surface area contributed by atoms with Crippen molar-refractivity contribution in [3.63, 3.8) is 0 Å². The van der Waals surface area contributed by atoms with Crippen LogP contribution in [-0.2, 0) is 37.3 Å². The second-order valence-electron chi connectivity index (χ2n) is 17.1. The van der Waals surface area contributed by atoms with Gasteiger partial charge in [0, 0.05) is 44.2 Å². The molecule has 6 aromatic rings. The second-order valence-corrected chi connectivity index (χ2v) is 17.1. The molecule has 2 heterocycles. The normalized spacial score (nSPS) is 12.1. The first kappa shape index (κ1) is 38.9. The van der Waals surface area contributed by atoms with Gasteiger partial charge >= 0.3 is 0 Å².